The number of benzene rings is 2. The van der Waals surface area contributed by atoms with Crippen molar-refractivity contribution in [2.45, 2.75) is 13.0 Å². The second kappa shape index (κ2) is 7.70. The van der Waals surface area contributed by atoms with Gasteiger partial charge < -0.3 is 15.0 Å². The van der Waals surface area contributed by atoms with E-state index < -0.39 is 0 Å². The van der Waals surface area contributed by atoms with Crippen LogP contribution in [-0.2, 0) is 16.1 Å². The van der Waals surface area contributed by atoms with Crippen molar-refractivity contribution in [1.82, 2.24) is 5.32 Å². The number of carbonyl (C=O) groups excluding carboxylic acids is 2. The van der Waals surface area contributed by atoms with Gasteiger partial charge in [-0.25, -0.2) is 0 Å². The highest BCUT2D eigenvalue weighted by atomic mass is 79.9. The number of nitrogens with zero attached hydrogens (tertiary/aromatic N) is 1. The molecule has 1 aliphatic heterocycles. The van der Waals surface area contributed by atoms with Crippen molar-refractivity contribution in [1.29, 1.82) is 0 Å². The first-order valence-corrected chi connectivity index (χ1v) is 8.82. The van der Waals surface area contributed by atoms with E-state index in [0.717, 1.165) is 21.5 Å². The van der Waals surface area contributed by atoms with Crippen LogP contribution in [0, 0.1) is 5.92 Å². The topological polar surface area (TPSA) is 58.6 Å². The first-order chi connectivity index (χ1) is 12.1. The smallest absolute Gasteiger partial charge is 0.227 e. The molecule has 0 spiro atoms. The number of carbonyl (C=O) groups is 2. The highest BCUT2D eigenvalue weighted by Gasteiger charge is 2.34. The molecule has 6 heteroatoms. The molecule has 1 N–H and O–H groups in total. The van der Waals surface area contributed by atoms with E-state index in [1.54, 1.807) is 12.0 Å². The van der Waals surface area contributed by atoms with E-state index >= 15 is 0 Å². The Kier molecular flexibility index (Phi) is 5.38. The van der Waals surface area contributed by atoms with Crippen molar-refractivity contribution in [3.05, 3.63) is 58.6 Å². The summed E-state index contributed by atoms with van der Waals surface area (Å²) in [5, 5.41) is 2.92. The second-order valence-corrected chi connectivity index (χ2v) is 6.86. The van der Waals surface area contributed by atoms with Crippen LogP contribution in [0.5, 0.6) is 5.75 Å². The molecule has 2 aromatic carbocycles. The minimum atomic E-state index is -0.329. The Morgan fingerprint density at radius 2 is 1.88 bits per heavy atom. The van der Waals surface area contributed by atoms with Crippen molar-refractivity contribution in [3.8, 4) is 5.75 Å². The Morgan fingerprint density at radius 1 is 1.20 bits per heavy atom. The third kappa shape index (κ3) is 4.20. The molecule has 5 nitrogen and oxygen atoms in total. The van der Waals surface area contributed by atoms with Crippen LogP contribution in [0.4, 0.5) is 5.69 Å². The van der Waals surface area contributed by atoms with Gasteiger partial charge >= 0.3 is 0 Å². The van der Waals surface area contributed by atoms with Gasteiger partial charge in [-0.3, -0.25) is 9.59 Å². The average Bonchev–Trinajstić information content (AvgIpc) is 3.03. The molecule has 0 saturated carbocycles. The summed E-state index contributed by atoms with van der Waals surface area (Å²) in [4.78, 5) is 26.3. The van der Waals surface area contributed by atoms with Gasteiger partial charge in [-0.05, 0) is 42.0 Å². The number of hydrogen-bond acceptors (Lipinski definition) is 3. The Labute approximate surface area is 155 Å². The minimum Gasteiger partial charge on any atom is -0.497 e. The Bertz CT molecular complexity index is 759. The van der Waals surface area contributed by atoms with Gasteiger partial charge in [0, 0.05) is 29.7 Å². The summed E-state index contributed by atoms with van der Waals surface area (Å²) in [5.41, 5.74) is 1.81. The summed E-state index contributed by atoms with van der Waals surface area (Å²) in [6, 6.07) is 15.1. The molecule has 1 atom stereocenters. The van der Waals surface area contributed by atoms with Gasteiger partial charge in [0.25, 0.3) is 0 Å². The van der Waals surface area contributed by atoms with Crippen LogP contribution < -0.4 is 15.0 Å². The molecule has 0 unspecified atom stereocenters. The molecule has 3 rings (SSSR count). The molecule has 2 amide bonds. The number of ether oxygens (including phenoxy) is 1. The molecule has 0 radical (unpaired) electrons. The van der Waals surface area contributed by atoms with Crippen LogP contribution in [0.3, 0.4) is 0 Å². The van der Waals surface area contributed by atoms with Gasteiger partial charge in [0.05, 0.1) is 13.0 Å². The summed E-state index contributed by atoms with van der Waals surface area (Å²) >= 11 is 3.39. The van der Waals surface area contributed by atoms with Gasteiger partial charge in [0.15, 0.2) is 0 Å². The molecular formula is C19H19BrN2O3. The minimum absolute atomic E-state index is 0.0334. The number of amides is 2. The van der Waals surface area contributed by atoms with E-state index in [4.69, 9.17) is 4.74 Å². The zero-order valence-electron chi connectivity index (χ0n) is 13.9. The summed E-state index contributed by atoms with van der Waals surface area (Å²) in [6.45, 7) is 0.858. The summed E-state index contributed by atoms with van der Waals surface area (Å²) in [6.07, 6.45) is 0.234. The standard InChI is InChI=1S/C19H19BrN2O3/c1-25-17-8-6-16(7-9-17)22-12-14(10-18(22)23)19(24)21-11-13-2-4-15(20)5-3-13/h2-9,14H,10-12H2,1H3,(H,21,24)/t14-/m1/s1. The fourth-order valence-corrected chi connectivity index (χ4v) is 3.10. The van der Waals surface area contributed by atoms with E-state index in [1.807, 2.05) is 48.5 Å². The third-order valence-corrected chi connectivity index (χ3v) is 4.79. The molecule has 2 aromatic rings. The lowest BCUT2D eigenvalue weighted by molar-refractivity contribution is -0.126. The van der Waals surface area contributed by atoms with Gasteiger partial charge in [-0.1, -0.05) is 28.1 Å². The van der Waals surface area contributed by atoms with E-state index in [0.29, 0.717) is 13.1 Å². The zero-order valence-corrected chi connectivity index (χ0v) is 15.5. The fraction of sp³-hybridized carbons (Fsp3) is 0.263. The molecule has 0 bridgehead atoms. The van der Waals surface area contributed by atoms with Crippen molar-refractivity contribution < 1.29 is 14.3 Å². The maximum atomic E-state index is 12.4. The van der Waals surface area contributed by atoms with Crippen LogP contribution >= 0.6 is 15.9 Å². The van der Waals surface area contributed by atoms with Crippen molar-refractivity contribution in [2.75, 3.05) is 18.6 Å². The molecule has 1 fully saturated rings. The highest BCUT2D eigenvalue weighted by molar-refractivity contribution is 9.10. The first kappa shape index (κ1) is 17.5. The number of methoxy groups -OCH3 is 1. The zero-order chi connectivity index (χ0) is 17.8. The third-order valence-electron chi connectivity index (χ3n) is 4.26. The highest BCUT2D eigenvalue weighted by Crippen LogP contribution is 2.27. The van der Waals surface area contributed by atoms with E-state index in [-0.39, 0.29) is 24.2 Å². The molecule has 1 saturated heterocycles. The predicted octanol–water partition coefficient (Wildman–Crippen LogP) is 3.13. The van der Waals surface area contributed by atoms with Gasteiger partial charge in [0.1, 0.15) is 5.75 Å². The summed E-state index contributed by atoms with van der Waals surface area (Å²) in [5.74, 6) is 0.283. The number of rotatable bonds is 5. The Morgan fingerprint density at radius 3 is 2.52 bits per heavy atom. The second-order valence-electron chi connectivity index (χ2n) is 5.95. The van der Waals surface area contributed by atoms with Crippen molar-refractivity contribution >= 4 is 33.4 Å². The number of halogens is 1. The molecule has 130 valence electrons. The normalized spacial score (nSPS) is 16.8. The first-order valence-electron chi connectivity index (χ1n) is 8.03. The SMILES string of the molecule is COc1ccc(N2C[C@H](C(=O)NCc3ccc(Br)cc3)CC2=O)cc1. The lowest BCUT2D eigenvalue weighted by Gasteiger charge is -2.17. The average molecular weight is 403 g/mol. The molecule has 1 heterocycles. The number of nitrogens with one attached hydrogen (secondary N) is 1. The molecule has 0 aromatic heterocycles. The van der Waals surface area contributed by atoms with Crippen LogP contribution in [0.15, 0.2) is 53.0 Å². The van der Waals surface area contributed by atoms with E-state index in [2.05, 4.69) is 21.2 Å². The van der Waals surface area contributed by atoms with Crippen LogP contribution in [0.25, 0.3) is 0 Å². The van der Waals surface area contributed by atoms with E-state index in [1.165, 1.54) is 0 Å². The maximum Gasteiger partial charge on any atom is 0.227 e. The van der Waals surface area contributed by atoms with Crippen molar-refractivity contribution in [3.63, 3.8) is 0 Å². The Balaban J connectivity index is 1.59. The largest absolute Gasteiger partial charge is 0.497 e. The molecule has 1 aliphatic rings. The van der Waals surface area contributed by atoms with Crippen molar-refractivity contribution in [2.24, 2.45) is 5.92 Å². The van der Waals surface area contributed by atoms with Crippen LogP contribution in [0.2, 0.25) is 0 Å². The van der Waals surface area contributed by atoms with Gasteiger partial charge in [0.2, 0.25) is 11.8 Å². The molecule has 25 heavy (non-hydrogen) atoms. The van der Waals surface area contributed by atoms with E-state index in [9.17, 15) is 9.59 Å². The monoisotopic (exact) mass is 402 g/mol. The quantitative estimate of drug-likeness (QED) is 0.835. The number of hydrogen-bond donors (Lipinski definition) is 1. The van der Waals surface area contributed by atoms with Crippen LogP contribution in [-0.4, -0.2) is 25.5 Å². The molecule has 0 aliphatic carbocycles. The summed E-state index contributed by atoms with van der Waals surface area (Å²) < 4.78 is 6.13. The van der Waals surface area contributed by atoms with Gasteiger partial charge in [-0.15, -0.1) is 0 Å². The fourth-order valence-electron chi connectivity index (χ4n) is 2.83. The maximum absolute atomic E-state index is 12.4. The summed E-state index contributed by atoms with van der Waals surface area (Å²) in [7, 11) is 1.60. The lowest BCUT2D eigenvalue weighted by Crippen LogP contribution is -2.32. The number of anilines is 1. The van der Waals surface area contributed by atoms with Crippen LogP contribution in [0.1, 0.15) is 12.0 Å². The van der Waals surface area contributed by atoms with Gasteiger partial charge in [-0.2, -0.15) is 0 Å². The Hall–Kier alpha value is -2.34. The predicted molar refractivity (Wildman–Crippen MR) is 99.4 cm³/mol. The lowest BCUT2D eigenvalue weighted by atomic mass is 10.1. The molecular weight excluding hydrogens is 384 g/mol.